The van der Waals surface area contributed by atoms with Gasteiger partial charge in [0.2, 0.25) is 10.2 Å². The number of nitrogens with one attached hydrogen (secondary N) is 2. The predicted octanol–water partition coefficient (Wildman–Crippen LogP) is 1.42. The van der Waals surface area contributed by atoms with Crippen molar-refractivity contribution in [3.05, 3.63) is 29.9 Å². The summed E-state index contributed by atoms with van der Waals surface area (Å²) in [6.45, 7) is 2.43. The Bertz CT molecular complexity index is 856. The molecule has 3 aromatic heterocycles. The Balaban J connectivity index is 2.15. The minimum Gasteiger partial charge on any atom is -0.368 e. The van der Waals surface area contributed by atoms with Gasteiger partial charge in [-0.3, -0.25) is 9.12 Å². The minimum absolute atomic E-state index is 0.0511. The molecule has 0 fully saturated rings. The summed E-state index contributed by atoms with van der Waals surface area (Å²) in [7, 11) is -3.82. The first kappa shape index (κ1) is 13.8. The van der Waals surface area contributed by atoms with Gasteiger partial charge in [-0.25, -0.2) is 4.98 Å². The maximum absolute atomic E-state index is 12.6. The van der Waals surface area contributed by atoms with Gasteiger partial charge >= 0.3 is 0 Å². The highest BCUT2D eigenvalue weighted by atomic mass is 32.2. The Morgan fingerprint density at radius 1 is 1.38 bits per heavy atom. The number of anilines is 2. The first-order valence-corrected chi connectivity index (χ1v) is 8.48. The molecule has 21 heavy (non-hydrogen) atoms. The fraction of sp³-hybridized carbons (Fsp3) is 0.182. The molecule has 3 rings (SSSR count). The Labute approximate surface area is 124 Å². The van der Waals surface area contributed by atoms with E-state index in [-0.39, 0.29) is 10.2 Å². The quantitative estimate of drug-likeness (QED) is 0.736. The first-order chi connectivity index (χ1) is 10.1. The molecule has 8 nitrogen and oxygen atoms in total. The summed E-state index contributed by atoms with van der Waals surface area (Å²) in [5.41, 5.74) is 2.00. The van der Waals surface area contributed by atoms with Crippen molar-refractivity contribution in [3.8, 4) is 0 Å². The maximum atomic E-state index is 12.6. The van der Waals surface area contributed by atoms with E-state index in [1.54, 1.807) is 24.4 Å². The SMILES string of the molecule is CCNc1nc2ccccn2c1S(=O)(=O)Nc1nncs1. The molecule has 0 unspecified atom stereocenters. The van der Waals surface area contributed by atoms with Gasteiger partial charge in [-0.05, 0) is 19.1 Å². The van der Waals surface area contributed by atoms with E-state index in [1.165, 1.54) is 9.91 Å². The van der Waals surface area contributed by atoms with Crippen molar-refractivity contribution < 1.29 is 8.42 Å². The van der Waals surface area contributed by atoms with Gasteiger partial charge in [-0.2, -0.15) is 8.42 Å². The number of pyridine rings is 1. The molecular weight excluding hydrogens is 312 g/mol. The summed E-state index contributed by atoms with van der Waals surface area (Å²) in [5, 5.41) is 10.5. The summed E-state index contributed by atoms with van der Waals surface area (Å²) >= 11 is 1.11. The molecule has 0 aliphatic heterocycles. The van der Waals surface area contributed by atoms with Gasteiger partial charge < -0.3 is 5.32 Å². The van der Waals surface area contributed by atoms with Gasteiger partial charge in [0.05, 0.1) is 0 Å². The highest BCUT2D eigenvalue weighted by molar-refractivity contribution is 7.93. The number of nitrogens with zero attached hydrogens (tertiary/aromatic N) is 4. The molecule has 2 N–H and O–H groups in total. The van der Waals surface area contributed by atoms with Gasteiger partial charge in [0, 0.05) is 12.7 Å². The second-order valence-corrected chi connectivity index (χ2v) is 6.51. The largest absolute Gasteiger partial charge is 0.368 e. The number of aromatic nitrogens is 4. The van der Waals surface area contributed by atoms with Crippen molar-refractivity contribution in [2.24, 2.45) is 0 Å². The zero-order valence-corrected chi connectivity index (χ0v) is 12.6. The average molecular weight is 324 g/mol. The number of sulfonamides is 1. The van der Waals surface area contributed by atoms with Crippen molar-refractivity contribution in [2.75, 3.05) is 16.6 Å². The van der Waals surface area contributed by atoms with Gasteiger partial charge in [-0.15, -0.1) is 10.2 Å². The lowest BCUT2D eigenvalue weighted by Gasteiger charge is -2.07. The zero-order chi connectivity index (χ0) is 14.9. The molecule has 3 aromatic rings. The molecule has 0 atom stereocenters. The van der Waals surface area contributed by atoms with Crippen LogP contribution in [0.25, 0.3) is 5.65 Å². The fourth-order valence-corrected chi connectivity index (χ4v) is 3.86. The van der Waals surface area contributed by atoms with Gasteiger partial charge in [0.1, 0.15) is 11.2 Å². The number of hydrogen-bond donors (Lipinski definition) is 2. The van der Waals surface area contributed by atoms with Crippen molar-refractivity contribution in [2.45, 2.75) is 11.9 Å². The van der Waals surface area contributed by atoms with E-state index in [4.69, 9.17) is 0 Å². The number of rotatable bonds is 5. The topological polar surface area (TPSA) is 101 Å². The summed E-state index contributed by atoms with van der Waals surface area (Å²) in [6.07, 6.45) is 1.65. The Hall–Kier alpha value is -2.20. The number of imidazole rings is 1. The smallest absolute Gasteiger partial charge is 0.283 e. The number of fused-ring (bicyclic) bond motifs is 1. The van der Waals surface area contributed by atoms with Crippen molar-refractivity contribution in [1.82, 2.24) is 19.6 Å². The van der Waals surface area contributed by atoms with Crippen LogP contribution in [0.1, 0.15) is 6.92 Å². The molecule has 0 saturated heterocycles. The molecule has 0 radical (unpaired) electrons. The van der Waals surface area contributed by atoms with Gasteiger partial charge in [0.25, 0.3) is 10.0 Å². The molecule has 0 bridgehead atoms. The van der Waals surface area contributed by atoms with Crippen LogP contribution in [0.3, 0.4) is 0 Å². The van der Waals surface area contributed by atoms with Gasteiger partial charge in [-0.1, -0.05) is 17.4 Å². The molecular formula is C11H12N6O2S2. The molecule has 0 aliphatic carbocycles. The molecule has 0 aliphatic rings. The summed E-state index contributed by atoms with van der Waals surface area (Å²) < 4.78 is 29.1. The van der Waals surface area contributed by atoms with Crippen LogP contribution < -0.4 is 10.0 Å². The molecule has 3 heterocycles. The van der Waals surface area contributed by atoms with Crippen LogP contribution in [0.15, 0.2) is 34.9 Å². The monoisotopic (exact) mass is 324 g/mol. The molecule has 0 amide bonds. The third-order valence-electron chi connectivity index (χ3n) is 2.67. The van der Waals surface area contributed by atoms with Gasteiger partial charge in [0.15, 0.2) is 5.82 Å². The second kappa shape index (κ2) is 5.30. The van der Waals surface area contributed by atoms with Crippen LogP contribution in [0, 0.1) is 0 Å². The molecule has 10 heteroatoms. The highest BCUT2D eigenvalue weighted by Crippen LogP contribution is 2.25. The van der Waals surface area contributed by atoms with E-state index in [0.29, 0.717) is 18.0 Å². The Kier molecular flexibility index (Phi) is 3.47. The zero-order valence-electron chi connectivity index (χ0n) is 11.0. The van der Waals surface area contributed by atoms with Crippen molar-refractivity contribution in [1.29, 1.82) is 0 Å². The molecule has 110 valence electrons. The second-order valence-electron chi connectivity index (χ2n) is 4.07. The molecule has 0 aromatic carbocycles. The van der Waals surface area contributed by atoms with E-state index in [2.05, 4.69) is 25.2 Å². The normalized spacial score (nSPS) is 11.7. The van der Waals surface area contributed by atoms with Crippen LogP contribution in [-0.4, -0.2) is 34.5 Å². The van der Waals surface area contributed by atoms with Crippen LogP contribution in [0.2, 0.25) is 0 Å². The maximum Gasteiger partial charge on any atom is 0.283 e. The molecule has 0 spiro atoms. The lowest BCUT2D eigenvalue weighted by atomic mass is 10.5. The summed E-state index contributed by atoms with van der Waals surface area (Å²) in [4.78, 5) is 4.30. The van der Waals surface area contributed by atoms with Crippen LogP contribution >= 0.6 is 11.3 Å². The highest BCUT2D eigenvalue weighted by Gasteiger charge is 2.26. The number of hydrogen-bond acceptors (Lipinski definition) is 7. The third-order valence-corrected chi connectivity index (χ3v) is 4.76. The van der Waals surface area contributed by atoms with E-state index >= 15 is 0 Å². The fourth-order valence-electron chi connectivity index (χ4n) is 1.89. The summed E-state index contributed by atoms with van der Waals surface area (Å²) in [6, 6.07) is 5.28. The van der Waals surface area contributed by atoms with Crippen molar-refractivity contribution in [3.63, 3.8) is 0 Å². The van der Waals surface area contributed by atoms with E-state index in [1.807, 2.05) is 6.92 Å². The lowest BCUT2D eigenvalue weighted by Crippen LogP contribution is -2.17. The van der Waals surface area contributed by atoms with E-state index in [9.17, 15) is 8.42 Å². The lowest BCUT2D eigenvalue weighted by molar-refractivity contribution is 0.597. The summed E-state index contributed by atoms with van der Waals surface area (Å²) in [5.74, 6) is 0.306. The average Bonchev–Trinajstić information content (AvgIpc) is 3.05. The standard InChI is InChI=1S/C11H12N6O2S2/c1-2-12-9-10(17-6-4-3-5-8(17)14-9)21(18,19)16-11-15-13-7-20-11/h3-7,12H,2H2,1H3,(H,15,16). The van der Waals surface area contributed by atoms with Crippen molar-refractivity contribution >= 4 is 38.0 Å². The predicted molar refractivity (Wildman–Crippen MR) is 80.1 cm³/mol. The van der Waals surface area contributed by atoms with Crippen LogP contribution in [0.4, 0.5) is 10.9 Å². The molecule has 0 saturated carbocycles. The van der Waals surface area contributed by atoms with E-state index < -0.39 is 10.0 Å². The minimum atomic E-state index is -3.82. The first-order valence-electron chi connectivity index (χ1n) is 6.12. The Morgan fingerprint density at radius 3 is 2.95 bits per heavy atom. The van der Waals surface area contributed by atoms with Crippen LogP contribution in [-0.2, 0) is 10.0 Å². The van der Waals surface area contributed by atoms with E-state index in [0.717, 1.165) is 11.3 Å². The Morgan fingerprint density at radius 2 is 2.24 bits per heavy atom. The third kappa shape index (κ3) is 2.54. The van der Waals surface area contributed by atoms with Crippen LogP contribution in [0.5, 0.6) is 0 Å².